The predicted molar refractivity (Wildman–Crippen MR) is 126 cm³/mol. The van der Waals surface area contributed by atoms with Gasteiger partial charge < -0.3 is 9.47 Å². The first-order valence-corrected chi connectivity index (χ1v) is 11.6. The molecule has 3 rings (SSSR count). The molecule has 0 saturated carbocycles. The van der Waals surface area contributed by atoms with Crippen molar-refractivity contribution in [3.05, 3.63) is 100 Å². The van der Waals surface area contributed by atoms with Crippen LogP contribution in [0.15, 0.2) is 88.2 Å². The number of benzene rings is 3. The Bertz CT molecular complexity index is 1010. The molecule has 31 heavy (non-hydrogen) atoms. The number of rotatable bonds is 9. The molecule has 0 spiro atoms. The second kappa shape index (κ2) is 11.7. The van der Waals surface area contributed by atoms with E-state index in [0.717, 1.165) is 26.1 Å². The average molecular weight is 499 g/mol. The van der Waals surface area contributed by atoms with E-state index < -0.39 is 5.25 Å². The smallest absolute Gasteiger partial charge is 0.323 e. The SMILES string of the molecule is CCOC(=O)C(Sc1ccccc1)c1cc(Br)ccc1CC(=O)OCc1ccccc1. The maximum absolute atomic E-state index is 12.8. The highest BCUT2D eigenvalue weighted by Gasteiger charge is 2.27. The molecular formula is C25H23BrO4S. The monoisotopic (exact) mass is 498 g/mol. The number of hydrogen-bond donors (Lipinski definition) is 0. The Labute approximate surface area is 195 Å². The van der Waals surface area contributed by atoms with Crippen molar-refractivity contribution in [1.29, 1.82) is 0 Å². The van der Waals surface area contributed by atoms with Gasteiger partial charge in [0.15, 0.2) is 0 Å². The van der Waals surface area contributed by atoms with Crippen molar-refractivity contribution in [1.82, 2.24) is 0 Å². The van der Waals surface area contributed by atoms with E-state index in [1.54, 1.807) is 6.92 Å². The van der Waals surface area contributed by atoms with E-state index in [2.05, 4.69) is 15.9 Å². The molecule has 0 aliphatic rings. The summed E-state index contributed by atoms with van der Waals surface area (Å²) in [4.78, 5) is 26.3. The number of carbonyl (C=O) groups is 2. The number of hydrogen-bond acceptors (Lipinski definition) is 5. The molecule has 1 unspecified atom stereocenters. The fraction of sp³-hybridized carbons (Fsp3) is 0.200. The highest BCUT2D eigenvalue weighted by molar-refractivity contribution is 9.10. The fourth-order valence-electron chi connectivity index (χ4n) is 3.01. The molecule has 0 aromatic heterocycles. The van der Waals surface area contributed by atoms with E-state index >= 15 is 0 Å². The largest absolute Gasteiger partial charge is 0.465 e. The molecule has 6 heteroatoms. The first-order valence-electron chi connectivity index (χ1n) is 9.93. The molecular weight excluding hydrogens is 476 g/mol. The van der Waals surface area contributed by atoms with Gasteiger partial charge in [-0.05, 0) is 47.9 Å². The third-order valence-corrected chi connectivity index (χ3v) is 6.19. The van der Waals surface area contributed by atoms with Crippen LogP contribution >= 0.6 is 27.7 Å². The zero-order valence-corrected chi connectivity index (χ0v) is 19.5. The third kappa shape index (κ3) is 6.97. The zero-order valence-electron chi connectivity index (χ0n) is 17.1. The van der Waals surface area contributed by atoms with Crippen LogP contribution in [-0.4, -0.2) is 18.5 Å². The van der Waals surface area contributed by atoms with Crippen molar-refractivity contribution in [2.75, 3.05) is 6.61 Å². The van der Waals surface area contributed by atoms with Crippen molar-refractivity contribution >= 4 is 39.6 Å². The van der Waals surface area contributed by atoms with E-state index in [4.69, 9.17) is 9.47 Å². The molecule has 160 valence electrons. The van der Waals surface area contributed by atoms with Crippen LogP contribution in [0, 0.1) is 0 Å². The lowest BCUT2D eigenvalue weighted by atomic mass is 10.0. The molecule has 0 N–H and O–H groups in total. The Morgan fingerprint density at radius 1 is 0.935 bits per heavy atom. The number of halogens is 1. The van der Waals surface area contributed by atoms with Crippen LogP contribution in [0.4, 0.5) is 0 Å². The maximum atomic E-state index is 12.8. The minimum Gasteiger partial charge on any atom is -0.465 e. The van der Waals surface area contributed by atoms with Crippen molar-refractivity contribution in [2.45, 2.75) is 30.1 Å². The Hall–Kier alpha value is -2.57. The first-order chi connectivity index (χ1) is 15.1. The first kappa shape index (κ1) is 23.1. The second-order valence-corrected chi connectivity index (χ2v) is 8.82. The number of thioether (sulfide) groups is 1. The summed E-state index contributed by atoms with van der Waals surface area (Å²) in [6, 6.07) is 24.8. The summed E-state index contributed by atoms with van der Waals surface area (Å²) in [6.45, 7) is 2.28. The highest BCUT2D eigenvalue weighted by Crippen LogP contribution is 2.39. The van der Waals surface area contributed by atoms with E-state index in [0.29, 0.717) is 0 Å². The average Bonchev–Trinajstić information content (AvgIpc) is 2.79. The zero-order chi connectivity index (χ0) is 22.1. The van der Waals surface area contributed by atoms with E-state index in [-0.39, 0.29) is 31.6 Å². The molecule has 0 aliphatic carbocycles. The van der Waals surface area contributed by atoms with Gasteiger partial charge in [0.05, 0.1) is 13.0 Å². The van der Waals surface area contributed by atoms with Gasteiger partial charge >= 0.3 is 11.9 Å². The lowest BCUT2D eigenvalue weighted by Gasteiger charge is -2.19. The summed E-state index contributed by atoms with van der Waals surface area (Å²) in [5, 5.41) is -0.600. The van der Waals surface area contributed by atoms with Gasteiger partial charge in [0.25, 0.3) is 0 Å². The van der Waals surface area contributed by atoms with Gasteiger partial charge in [-0.1, -0.05) is 70.5 Å². The molecule has 3 aromatic carbocycles. The van der Waals surface area contributed by atoms with Crippen LogP contribution in [0.3, 0.4) is 0 Å². The predicted octanol–water partition coefficient (Wildman–Crippen LogP) is 6.13. The molecule has 0 saturated heterocycles. The van der Waals surface area contributed by atoms with Crippen LogP contribution in [0.25, 0.3) is 0 Å². The van der Waals surface area contributed by atoms with Crippen LogP contribution < -0.4 is 0 Å². The molecule has 3 aromatic rings. The van der Waals surface area contributed by atoms with Crippen molar-refractivity contribution in [2.24, 2.45) is 0 Å². The van der Waals surface area contributed by atoms with Crippen LogP contribution in [0.5, 0.6) is 0 Å². The fourth-order valence-corrected chi connectivity index (χ4v) is 4.48. The van der Waals surface area contributed by atoms with Crippen LogP contribution in [0.2, 0.25) is 0 Å². The Kier molecular flexibility index (Phi) is 8.74. The minimum absolute atomic E-state index is 0.0701. The van der Waals surface area contributed by atoms with Gasteiger partial charge in [-0.2, -0.15) is 0 Å². The normalized spacial score (nSPS) is 11.5. The van der Waals surface area contributed by atoms with Gasteiger partial charge in [0.1, 0.15) is 11.9 Å². The van der Waals surface area contributed by atoms with Gasteiger partial charge in [-0.15, -0.1) is 11.8 Å². The third-order valence-electron chi connectivity index (χ3n) is 4.47. The topological polar surface area (TPSA) is 52.6 Å². The van der Waals surface area contributed by atoms with Gasteiger partial charge in [0.2, 0.25) is 0 Å². The van der Waals surface area contributed by atoms with E-state index in [1.807, 2.05) is 78.9 Å². The summed E-state index contributed by atoms with van der Waals surface area (Å²) in [5.41, 5.74) is 2.40. The summed E-state index contributed by atoms with van der Waals surface area (Å²) in [6.07, 6.45) is 0.0701. The molecule has 0 aliphatic heterocycles. The van der Waals surface area contributed by atoms with Gasteiger partial charge in [0, 0.05) is 9.37 Å². The molecule has 0 fully saturated rings. The standard InChI is InChI=1S/C25H23BrO4S/c1-2-29-25(28)24(31-21-11-7-4-8-12-21)22-16-20(26)14-13-19(22)15-23(27)30-17-18-9-5-3-6-10-18/h3-14,16,24H,2,15,17H2,1H3. The van der Waals surface area contributed by atoms with E-state index in [1.165, 1.54) is 11.8 Å². The quantitative estimate of drug-likeness (QED) is 0.262. The number of esters is 2. The molecule has 1 atom stereocenters. The highest BCUT2D eigenvalue weighted by atomic mass is 79.9. The molecule has 4 nitrogen and oxygen atoms in total. The number of carbonyl (C=O) groups excluding carboxylic acids is 2. The lowest BCUT2D eigenvalue weighted by Crippen LogP contribution is -2.17. The summed E-state index contributed by atoms with van der Waals surface area (Å²) >= 11 is 4.89. The molecule has 0 radical (unpaired) electrons. The summed E-state index contributed by atoms with van der Waals surface area (Å²) in [7, 11) is 0. The van der Waals surface area contributed by atoms with Gasteiger partial charge in [-0.25, -0.2) is 0 Å². The van der Waals surface area contributed by atoms with Crippen molar-refractivity contribution in [3.8, 4) is 0 Å². The summed E-state index contributed by atoms with van der Waals surface area (Å²) < 4.78 is 11.6. The molecule has 0 heterocycles. The molecule has 0 amide bonds. The maximum Gasteiger partial charge on any atom is 0.323 e. The summed E-state index contributed by atoms with van der Waals surface area (Å²) in [5.74, 6) is -0.687. The Morgan fingerprint density at radius 3 is 2.29 bits per heavy atom. The number of ether oxygens (including phenoxy) is 2. The minimum atomic E-state index is -0.600. The molecule has 0 bridgehead atoms. The van der Waals surface area contributed by atoms with Crippen LogP contribution in [-0.2, 0) is 32.1 Å². The lowest BCUT2D eigenvalue weighted by molar-refractivity contribution is -0.145. The van der Waals surface area contributed by atoms with Crippen molar-refractivity contribution < 1.29 is 19.1 Å². The van der Waals surface area contributed by atoms with Crippen LogP contribution in [0.1, 0.15) is 28.9 Å². The van der Waals surface area contributed by atoms with E-state index in [9.17, 15) is 9.59 Å². The van der Waals surface area contributed by atoms with Gasteiger partial charge in [-0.3, -0.25) is 9.59 Å². The Balaban J connectivity index is 1.82. The van der Waals surface area contributed by atoms with Crippen molar-refractivity contribution in [3.63, 3.8) is 0 Å². The second-order valence-electron chi connectivity index (χ2n) is 6.73. The Morgan fingerprint density at radius 2 is 1.61 bits per heavy atom.